The van der Waals surface area contributed by atoms with Crippen LogP contribution in [0.3, 0.4) is 0 Å². The molecule has 0 atom stereocenters. The van der Waals surface area contributed by atoms with E-state index in [1.54, 1.807) is 12.1 Å². The van der Waals surface area contributed by atoms with Gasteiger partial charge in [-0.25, -0.2) is 4.79 Å². The lowest BCUT2D eigenvalue weighted by Crippen LogP contribution is -2.40. The minimum atomic E-state index is -0.907. The van der Waals surface area contributed by atoms with Gasteiger partial charge in [-0.3, -0.25) is 4.79 Å². The molecule has 2 aliphatic rings. The lowest BCUT2D eigenvalue weighted by molar-refractivity contribution is -0.120. The molecule has 112 valence electrons. The van der Waals surface area contributed by atoms with Crippen LogP contribution in [0, 0.1) is 0 Å². The molecule has 1 aliphatic heterocycles. The summed E-state index contributed by atoms with van der Waals surface area (Å²) in [5.74, 6) is -0.840. The number of carbonyl (C=O) groups excluding carboxylic acids is 1. The van der Waals surface area contributed by atoms with Gasteiger partial charge in [0.05, 0.1) is 12.1 Å². The Kier molecular flexibility index (Phi) is 3.82. The average molecular weight is 288 g/mol. The number of aromatic carboxylic acids is 1. The summed E-state index contributed by atoms with van der Waals surface area (Å²) < 4.78 is 0. The number of hydrogen-bond acceptors (Lipinski definition) is 3. The third-order valence-corrected chi connectivity index (χ3v) is 4.37. The third-order valence-electron chi connectivity index (χ3n) is 4.37. The van der Waals surface area contributed by atoms with Crippen LogP contribution >= 0.6 is 0 Å². The molecule has 1 aromatic rings. The van der Waals surface area contributed by atoms with Crippen LogP contribution in [0.1, 0.15) is 41.6 Å². The van der Waals surface area contributed by atoms with Crippen LogP contribution in [0.15, 0.2) is 18.2 Å². The molecule has 0 unspecified atom stereocenters. The van der Waals surface area contributed by atoms with Gasteiger partial charge in [-0.1, -0.05) is 12.8 Å². The van der Waals surface area contributed by atoms with E-state index in [1.165, 1.54) is 12.8 Å². The summed E-state index contributed by atoms with van der Waals surface area (Å²) in [6, 6.07) is 5.48. The fourth-order valence-corrected chi connectivity index (χ4v) is 3.28. The SMILES string of the molecule is O=C(CN1CCc2cc(C(=O)O)ccc21)NC1CCCC1. The van der Waals surface area contributed by atoms with Crippen LogP contribution in [0.25, 0.3) is 0 Å². The molecule has 0 spiro atoms. The predicted molar refractivity (Wildman–Crippen MR) is 79.7 cm³/mol. The zero-order chi connectivity index (χ0) is 14.8. The van der Waals surface area contributed by atoms with Crippen LogP contribution < -0.4 is 10.2 Å². The van der Waals surface area contributed by atoms with E-state index >= 15 is 0 Å². The number of rotatable bonds is 4. The monoisotopic (exact) mass is 288 g/mol. The molecular formula is C16H20N2O3. The number of fused-ring (bicyclic) bond motifs is 1. The largest absolute Gasteiger partial charge is 0.478 e. The molecule has 5 heteroatoms. The second-order valence-electron chi connectivity index (χ2n) is 5.87. The van der Waals surface area contributed by atoms with E-state index in [1.807, 2.05) is 11.0 Å². The Bertz CT molecular complexity index is 565. The minimum absolute atomic E-state index is 0.0667. The molecule has 1 saturated carbocycles. The minimum Gasteiger partial charge on any atom is -0.478 e. The molecule has 1 aliphatic carbocycles. The highest BCUT2D eigenvalue weighted by Gasteiger charge is 2.24. The van der Waals surface area contributed by atoms with E-state index in [0.717, 1.165) is 37.1 Å². The first-order chi connectivity index (χ1) is 10.1. The first-order valence-electron chi connectivity index (χ1n) is 7.54. The fourth-order valence-electron chi connectivity index (χ4n) is 3.28. The third kappa shape index (κ3) is 3.01. The zero-order valence-electron chi connectivity index (χ0n) is 12.0. The molecule has 2 N–H and O–H groups in total. The molecule has 1 amide bonds. The highest BCUT2D eigenvalue weighted by molar-refractivity contribution is 5.89. The quantitative estimate of drug-likeness (QED) is 0.886. The molecule has 0 bridgehead atoms. The summed E-state index contributed by atoms with van der Waals surface area (Å²) in [5, 5.41) is 12.1. The first-order valence-corrected chi connectivity index (χ1v) is 7.54. The zero-order valence-corrected chi connectivity index (χ0v) is 12.0. The van der Waals surface area contributed by atoms with Crippen molar-refractivity contribution in [3.63, 3.8) is 0 Å². The summed E-state index contributed by atoms with van der Waals surface area (Å²) in [7, 11) is 0. The summed E-state index contributed by atoms with van der Waals surface area (Å²) in [5.41, 5.74) is 2.32. The van der Waals surface area contributed by atoms with Crippen molar-refractivity contribution >= 4 is 17.6 Å². The number of carboxylic acids is 1. The molecule has 1 heterocycles. The predicted octanol–water partition coefficient (Wildman–Crippen LogP) is 1.81. The Morgan fingerprint density at radius 2 is 2.05 bits per heavy atom. The van der Waals surface area contributed by atoms with E-state index in [4.69, 9.17) is 5.11 Å². The molecule has 3 rings (SSSR count). The normalized spacial score (nSPS) is 17.8. The maximum atomic E-state index is 12.1. The van der Waals surface area contributed by atoms with Crippen molar-refractivity contribution in [2.75, 3.05) is 18.0 Å². The Morgan fingerprint density at radius 3 is 2.76 bits per heavy atom. The van der Waals surface area contributed by atoms with Gasteiger partial charge in [0, 0.05) is 18.3 Å². The van der Waals surface area contributed by atoms with Crippen molar-refractivity contribution in [3.8, 4) is 0 Å². The van der Waals surface area contributed by atoms with E-state index < -0.39 is 5.97 Å². The lowest BCUT2D eigenvalue weighted by atomic mass is 10.1. The number of carboxylic acid groups (broad SMARTS) is 1. The molecule has 21 heavy (non-hydrogen) atoms. The average Bonchev–Trinajstić information content (AvgIpc) is 3.08. The number of nitrogens with zero attached hydrogens (tertiary/aromatic N) is 1. The van der Waals surface area contributed by atoms with E-state index in [-0.39, 0.29) is 5.91 Å². The van der Waals surface area contributed by atoms with Crippen molar-refractivity contribution in [3.05, 3.63) is 29.3 Å². The topological polar surface area (TPSA) is 69.6 Å². The maximum absolute atomic E-state index is 12.1. The van der Waals surface area contributed by atoms with Gasteiger partial charge in [0.15, 0.2) is 0 Å². The van der Waals surface area contributed by atoms with Gasteiger partial charge in [-0.2, -0.15) is 0 Å². The highest BCUT2D eigenvalue weighted by atomic mass is 16.4. The van der Waals surface area contributed by atoms with Crippen LogP contribution in [0.4, 0.5) is 5.69 Å². The number of benzene rings is 1. The van der Waals surface area contributed by atoms with Gasteiger partial charge in [0.2, 0.25) is 5.91 Å². The molecule has 1 aromatic carbocycles. The lowest BCUT2D eigenvalue weighted by Gasteiger charge is -2.20. The van der Waals surface area contributed by atoms with Gasteiger partial charge < -0.3 is 15.3 Å². The second-order valence-corrected chi connectivity index (χ2v) is 5.87. The second kappa shape index (κ2) is 5.76. The Hall–Kier alpha value is -2.04. The number of nitrogens with one attached hydrogen (secondary N) is 1. The highest BCUT2D eigenvalue weighted by Crippen LogP contribution is 2.28. The van der Waals surface area contributed by atoms with Crippen molar-refractivity contribution in [2.45, 2.75) is 38.1 Å². The smallest absolute Gasteiger partial charge is 0.335 e. The molecule has 0 saturated heterocycles. The fraction of sp³-hybridized carbons (Fsp3) is 0.500. The van der Waals surface area contributed by atoms with Crippen molar-refractivity contribution < 1.29 is 14.7 Å². The van der Waals surface area contributed by atoms with Gasteiger partial charge in [-0.05, 0) is 43.0 Å². The van der Waals surface area contributed by atoms with Crippen molar-refractivity contribution in [1.29, 1.82) is 0 Å². The molecule has 0 radical (unpaired) electrons. The van der Waals surface area contributed by atoms with Crippen molar-refractivity contribution in [2.24, 2.45) is 0 Å². The van der Waals surface area contributed by atoms with Crippen LogP contribution in [0.5, 0.6) is 0 Å². The number of amides is 1. The molecule has 1 fully saturated rings. The Labute approximate surface area is 123 Å². The maximum Gasteiger partial charge on any atom is 0.335 e. The summed E-state index contributed by atoms with van der Waals surface area (Å²) in [4.78, 5) is 25.1. The Morgan fingerprint density at radius 1 is 1.29 bits per heavy atom. The summed E-state index contributed by atoms with van der Waals surface area (Å²) in [6.07, 6.45) is 5.38. The number of hydrogen-bond donors (Lipinski definition) is 2. The summed E-state index contributed by atoms with van der Waals surface area (Å²) in [6.45, 7) is 1.13. The first kappa shape index (κ1) is 13.9. The number of carbonyl (C=O) groups is 2. The van der Waals surface area contributed by atoms with Gasteiger partial charge in [0.1, 0.15) is 0 Å². The van der Waals surface area contributed by atoms with Gasteiger partial charge >= 0.3 is 5.97 Å². The number of anilines is 1. The van der Waals surface area contributed by atoms with Gasteiger partial charge in [0.25, 0.3) is 0 Å². The molecule has 5 nitrogen and oxygen atoms in total. The molecule has 0 aromatic heterocycles. The van der Waals surface area contributed by atoms with Crippen LogP contribution in [0.2, 0.25) is 0 Å². The van der Waals surface area contributed by atoms with Crippen LogP contribution in [-0.4, -0.2) is 36.1 Å². The van der Waals surface area contributed by atoms with Crippen molar-refractivity contribution in [1.82, 2.24) is 5.32 Å². The van der Waals surface area contributed by atoms with E-state index in [9.17, 15) is 9.59 Å². The van der Waals surface area contributed by atoms with Crippen LogP contribution in [-0.2, 0) is 11.2 Å². The van der Waals surface area contributed by atoms with E-state index in [0.29, 0.717) is 18.2 Å². The summed E-state index contributed by atoms with van der Waals surface area (Å²) >= 11 is 0. The standard InChI is InChI=1S/C16H20N2O3/c19-15(17-13-3-1-2-4-13)10-18-8-7-11-9-12(16(20)21)5-6-14(11)18/h5-6,9,13H,1-4,7-8,10H2,(H,17,19)(H,20,21). The Balaban J connectivity index is 1.64. The van der Waals surface area contributed by atoms with Gasteiger partial charge in [-0.15, -0.1) is 0 Å². The van der Waals surface area contributed by atoms with E-state index in [2.05, 4.69) is 5.32 Å². The molecular weight excluding hydrogens is 268 g/mol.